The average Bonchev–Trinajstić information content (AvgIpc) is 3.64. The van der Waals surface area contributed by atoms with Gasteiger partial charge in [-0.15, -0.1) is 0 Å². The number of fused-ring (bicyclic) bond motifs is 5. The molecule has 0 aliphatic carbocycles. The van der Waals surface area contributed by atoms with Crippen LogP contribution in [-0.4, -0.2) is 101 Å². The standard InChI is InChI=1S/C28H31F3N8O2S2/c1-37-22(17-3-4-18(30)23-20(17)34-26(32)42-23)19(31)21-24(43-37)25(39-15-8-33-9-16(39)12-40-11-15)36-27(35-21)41-13-28-5-2-6-38(28)10-14(29)7-28/h3-4,14-16,33H,2,5-13H2,1H3,(H2,32,34)/t14-,15?,16?,28+/m1/s1. The zero-order valence-electron chi connectivity index (χ0n) is 23.5. The maximum atomic E-state index is 16.9. The first-order valence-electron chi connectivity index (χ1n) is 14.5. The van der Waals surface area contributed by atoms with Crippen LogP contribution in [0.25, 0.3) is 21.7 Å². The van der Waals surface area contributed by atoms with Gasteiger partial charge in [0.05, 0.1) is 46.8 Å². The number of rotatable bonds is 5. The van der Waals surface area contributed by atoms with Crippen molar-refractivity contribution >= 4 is 56.0 Å². The molecule has 3 aromatic rings. The zero-order valence-corrected chi connectivity index (χ0v) is 25.1. The van der Waals surface area contributed by atoms with E-state index in [0.29, 0.717) is 61.1 Å². The average molecular weight is 633 g/mol. The number of aromatic nitrogens is 3. The number of benzene rings is 1. The Kier molecular flexibility index (Phi) is 6.67. The maximum Gasteiger partial charge on any atom is 0.319 e. The number of hydrogen-bond acceptors (Lipinski definition) is 12. The van der Waals surface area contributed by atoms with Gasteiger partial charge in [0, 0.05) is 38.7 Å². The summed E-state index contributed by atoms with van der Waals surface area (Å²) in [5, 5.41) is 3.66. The Balaban J connectivity index is 1.25. The van der Waals surface area contributed by atoms with Gasteiger partial charge in [0.2, 0.25) is 0 Å². The van der Waals surface area contributed by atoms with Crippen molar-refractivity contribution in [1.82, 2.24) is 29.5 Å². The highest BCUT2D eigenvalue weighted by molar-refractivity contribution is 7.97. The SMILES string of the molecule is CN1Sc2c(nc(OC[C@@]34CCCN3C[C@H](F)C4)nc2N2C3CNCC2COC3)C(F)=C1c1ccc(F)c2sc(N)nc12. The van der Waals surface area contributed by atoms with E-state index in [9.17, 15) is 8.78 Å². The highest BCUT2D eigenvalue weighted by Crippen LogP contribution is 2.50. The van der Waals surface area contributed by atoms with Gasteiger partial charge in [-0.1, -0.05) is 11.3 Å². The minimum Gasteiger partial charge on any atom is -0.461 e. The van der Waals surface area contributed by atoms with Crippen molar-refractivity contribution in [2.75, 3.05) is 63.7 Å². The van der Waals surface area contributed by atoms with Crippen LogP contribution in [0.3, 0.4) is 0 Å². The third-order valence-corrected chi connectivity index (χ3v) is 11.1. The van der Waals surface area contributed by atoms with E-state index in [0.717, 1.165) is 30.7 Å². The lowest BCUT2D eigenvalue weighted by atomic mass is 9.95. The lowest BCUT2D eigenvalue weighted by molar-refractivity contribution is 0.0516. The lowest BCUT2D eigenvalue weighted by Crippen LogP contribution is -2.64. The quantitative estimate of drug-likeness (QED) is 0.403. The number of alkyl halides is 1. The number of ether oxygens (including phenoxy) is 2. The van der Waals surface area contributed by atoms with Crippen molar-refractivity contribution in [2.45, 2.75) is 48.0 Å². The van der Waals surface area contributed by atoms with Crippen molar-refractivity contribution in [3.8, 4) is 6.01 Å². The fraction of sp³-hybridized carbons (Fsp3) is 0.536. The summed E-state index contributed by atoms with van der Waals surface area (Å²) in [7, 11) is 1.75. The van der Waals surface area contributed by atoms with E-state index in [1.165, 1.54) is 24.1 Å². The van der Waals surface area contributed by atoms with Crippen LogP contribution in [0.4, 0.5) is 24.1 Å². The number of nitrogen functional groups attached to an aromatic ring is 1. The third kappa shape index (κ3) is 4.45. The summed E-state index contributed by atoms with van der Waals surface area (Å²) in [5.41, 5.74) is 6.55. The van der Waals surface area contributed by atoms with Gasteiger partial charge in [-0.2, -0.15) is 9.97 Å². The number of nitrogens with zero attached hydrogens (tertiary/aromatic N) is 6. The summed E-state index contributed by atoms with van der Waals surface area (Å²) in [4.78, 5) is 18.8. The van der Waals surface area contributed by atoms with Gasteiger partial charge in [0.15, 0.2) is 16.8 Å². The molecule has 0 spiro atoms. The Bertz CT molecular complexity index is 1620. The van der Waals surface area contributed by atoms with Gasteiger partial charge in [-0.3, -0.25) is 4.90 Å². The Morgan fingerprint density at radius 2 is 2.00 bits per heavy atom. The fourth-order valence-electron chi connectivity index (χ4n) is 7.32. The summed E-state index contributed by atoms with van der Waals surface area (Å²) in [6.07, 6.45) is 1.32. The van der Waals surface area contributed by atoms with Crippen LogP contribution in [0.5, 0.6) is 6.01 Å². The highest BCUT2D eigenvalue weighted by atomic mass is 32.2. The van der Waals surface area contributed by atoms with Crippen molar-refractivity contribution in [3.05, 3.63) is 29.2 Å². The minimum atomic E-state index is -0.897. The van der Waals surface area contributed by atoms with E-state index in [2.05, 4.69) is 25.1 Å². The molecule has 10 nitrogen and oxygen atoms in total. The van der Waals surface area contributed by atoms with Crippen molar-refractivity contribution in [3.63, 3.8) is 0 Å². The number of piperazine rings is 1. The third-order valence-electron chi connectivity index (χ3n) is 9.20. The monoisotopic (exact) mass is 632 g/mol. The number of nitrogens with one attached hydrogen (secondary N) is 1. The molecule has 8 rings (SSSR count). The summed E-state index contributed by atoms with van der Waals surface area (Å²) in [6.45, 7) is 3.89. The van der Waals surface area contributed by atoms with Crippen LogP contribution in [0.2, 0.25) is 0 Å². The summed E-state index contributed by atoms with van der Waals surface area (Å²) < 4.78 is 60.1. The predicted octanol–water partition coefficient (Wildman–Crippen LogP) is 3.69. The lowest BCUT2D eigenvalue weighted by Gasteiger charge is -2.47. The van der Waals surface area contributed by atoms with Gasteiger partial charge >= 0.3 is 6.01 Å². The van der Waals surface area contributed by atoms with Crippen LogP contribution >= 0.6 is 23.3 Å². The van der Waals surface area contributed by atoms with Crippen LogP contribution < -0.4 is 20.7 Å². The smallest absolute Gasteiger partial charge is 0.319 e. The van der Waals surface area contributed by atoms with Gasteiger partial charge in [-0.25, -0.2) is 18.2 Å². The zero-order chi connectivity index (χ0) is 29.5. The van der Waals surface area contributed by atoms with Crippen molar-refractivity contribution in [2.24, 2.45) is 0 Å². The molecule has 0 saturated carbocycles. The molecule has 4 fully saturated rings. The van der Waals surface area contributed by atoms with E-state index in [1.54, 1.807) is 11.4 Å². The number of thiazole rings is 1. The molecular weight excluding hydrogens is 601 g/mol. The highest BCUT2D eigenvalue weighted by Gasteiger charge is 2.49. The van der Waals surface area contributed by atoms with Crippen LogP contribution in [0.1, 0.15) is 30.5 Å². The van der Waals surface area contributed by atoms with E-state index in [1.807, 2.05) is 0 Å². The molecule has 3 N–H and O–H groups in total. The van der Waals surface area contributed by atoms with Gasteiger partial charge in [-0.05, 0) is 43.5 Å². The number of nitrogens with two attached hydrogens (primary N) is 1. The molecule has 43 heavy (non-hydrogen) atoms. The second-order valence-electron chi connectivity index (χ2n) is 11.9. The van der Waals surface area contributed by atoms with E-state index in [-0.39, 0.29) is 45.9 Å². The first kappa shape index (κ1) is 27.7. The normalized spacial score (nSPS) is 29.0. The molecule has 2 bridgehead atoms. The van der Waals surface area contributed by atoms with Gasteiger partial charge in [0.25, 0.3) is 0 Å². The molecule has 2 unspecified atom stereocenters. The van der Waals surface area contributed by atoms with Gasteiger partial charge < -0.3 is 29.7 Å². The van der Waals surface area contributed by atoms with Crippen LogP contribution in [-0.2, 0) is 4.74 Å². The van der Waals surface area contributed by atoms with E-state index in [4.69, 9.17) is 20.2 Å². The maximum absolute atomic E-state index is 16.9. The largest absolute Gasteiger partial charge is 0.461 e. The molecule has 0 amide bonds. The second kappa shape index (κ2) is 10.4. The van der Waals surface area contributed by atoms with Crippen molar-refractivity contribution < 1.29 is 22.6 Å². The number of anilines is 2. The molecule has 2 aromatic heterocycles. The minimum absolute atomic E-state index is 0.000515. The Labute approximate surface area is 254 Å². The van der Waals surface area contributed by atoms with E-state index < -0.39 is 23.4 Å². The summed E-state index contributed by atoms with van der Waals surface area (Å²) >= 11 is 2.33. The topological polar surface area (TPSA) is 105 Å². The summed E-state index contributed by atoms with van der Waals surface area (Å²) in [5.74, 6) is -0.467. The molecule has 0 radical (unpaired) electrons. The van der Waals surface area contributed by atoms with Gasteiger partial charge in [0.1, 0.15) is 29.2 Å². The van der Waals surface area contributed by atoms with Crippen molar-refractivity contribution in [1.29, 1.82) is 0 Å². The molecule has 4 saturated heterocycles. The first-order valence-corrected chi connectivity index (χ1v) is 16.1. The number of hydrogen-bond donors (Lipinski definition) is 2. The second-order valence-corrected chi connectivity index (χ2v) is 14.0. The Morgan fingerprint density at radius 1 is 1.19 bits per heavy atom. The Morgan fingerprint density at radius 3 is 2.81 bits per heavy atom. The molecule has 5 aliphatic heterocycles. The first-order chi connectivity index (χ1) is 20.8. The predicted molar refractivity (Wildman–Crippen MR) is 160 cm³/mol. The summed E-state index contributed by atoms with van der Waals surface area (Å²) in [6, 6.07) is 2.88. The molecule has 4 atom stereocenters. The molecule has 5 aliphatic rings. The fourth-order valence-corrected chi connectivity index (χ4v) is 9.08. The molecule has 228 valence electrons. The Hall–Kier alpha value is -2.85. The molecule has 7 heterocycles. The molecule has 1 aromatic carbocycles. The number of halogens is 3. The van der Waals surface area contributed by atoms with Crippen LogP contribution in [0, 0.1) is 5.82 Å². The van der Waals surface area contributed by atoms with Crippen LogP contribution in [0.15, 0.2) is 17.0 Å². The number of morpholine rings is 1. The molecular formula is C28H31F3N8O2S2. The van der Waals surface area contributed by atoms with E-state index >= 15 is 4.39 Å². The molecule has 15 heteroatoms.